The van der Waals surface area contributed by atoms with Crippen LogP contribution in [0.1, 0.15) is 42.5 Å². The maximum absolute atomic E-state index is 13.4. The van der Waals surface area contributed by atoms with Crippen LogP contribution >= 0.6 is 24.0 Å². The Morgan fingerprint density at radius 2 is 2.00 bits per heavy atom. The lowest BCUT2D eigenvalue weighted by Crippen LogP contribution is -2.52. The molecule has 2 aliphatic rings. The number of amides is 2. The lowest BCUT2D eigenvalue weighted by atomic mass is 9.84. The third-order valence-electron chi connectivity index (χ3n) is 5.52. The highest BCUT2D eigenvalue weighted by Gasteiger charge is 2.47. The minimum Gasteiger partial charge on any atom is -0.348 e. The normalized spacial score (nSPS) is 24.3. The zero-order valence-corrected chi connectivity index (χ0v) is 16.9. The molecule has 1 saturated carbocycles. The summed E-state index contributed by atoms with van der Waals surface area (Å²) in [5.41, 5.74) is 5.43. The number of carbonyl (C=O) groups is 2. The zero-order valence-electron chi connectivity index (χ0n) is 15.4. The molecule has 1 aliphatic heterocycles. The van der Waals surface area contributed by atoms with E-state index in [1.54, 1.807) is 29.2 Å². The molecule has 28 heavy (non-hydrogen) atoms. The van der Waals surface area contributed by atoms with Gasteiger partial charge in [0.05, 0.1) is 13.1 Å². The van der Waals surface area contributed by atoms with Gasteiger partial charge in [-0.05, 0) is 43.4 Å². The molecule has 1 aliphatic carbocycles. The van der Waals surface area contributed by atoms with E-state index in [1.165, 1.54) is 0 Å². The van der Waals surface area contributed by atoms with Gasteiger partial charge in [-0.3, -0.25) is 9.59 Å². The van der Waals surface area contributed by atoms with E-state index in [9.17, 15) is 18.4 Å². The third-order valence-corrected chi connectivity index (χ3v) is 5.75. The van der Waals surface area contributed by atoms with Gasteiger partial charge in [0.25, 0.3) is 11.8 Å². The third kappa shape index (κ3) is 4.93. The van der Waals surface area contributed by atoms with Crippen molar-refractivity contribution < 1.29 is 18.4 Å². The van der Waals surface area contributed by atoms with Crippen LogP contribution in [0.5, 0.6) is 0 Å². The van der Waals surface area contributed by atoms with E-state index < -0.39 is 31.0 Å². The summed E-state index contributed by atoms with van der Waals surface area (Å²) in [5.74, 6) is -3.78. The van der Waals surface area contributed by atoms with Crippen LogP contribution in [0.15, 0.2) is 24.3 Å². The Hall–Kier alpha value is -1.44. The van der Waals surface area contributed by atoms with E-state index >= 15 is 0 Å². The monoisotopic (exact) mass is 435 g/mol. The number of nitrogens with zero attached hydrogens (tertiary/aromatic N) is 1. The number of hydrogen-bond donors (Lipinski definition) is 2. The smallest absolute Gasteiger partial charge is 0.277 e. The van der Waals surface area contributed by atoms with Gasteiger partial charge in [0.15, 0.2) is 0 Å². The molecule has 3 unspecified atom stereocenters. The fraction of sp³-hybridized carbons (Fsp3) is 0.579. The summed E-state index contributed by atoms with van der Waals surface area (Å²) in [7, 11) is 0. The number of alkyl halides is 2. The molecular formula is C19H25Cl2F2N3O2. The summed E-state index contributed by atoms with van der Waals surface area (Å²) in [6.07, 6.45) is 4.30. The average molecular weight is 436 g/mol. The van der Waals surface area contributed by atoms with Crippen molar-refractivity contribution in [2.24, 2.45) is 11.7 Å². The second-order valence-electron chi connectivity index (χ2n) is 7.36. The van der Waals surface area contributed by atoms with Gasteiger partial charge in [-0.15, -0.1) is 12.4 Å². The fourth-order valence-electron chi connectivity index (χ4n) is 4.16. The first-order valence-corrected chi connectivity index (χ1v) is 9.64. The lowest BCUT2D eigenvalue weighted by molar-refractivity contribution is -0.127. The number of carbonyl (C=O) groups excluding carboxylic acids is 2. The molecule has 2 amide bonds. The molecule has 0 radical (unpaired) electrons. The van der Waals surface area contributed by atoms with Crippen molar-refractivity contribution in [1.29, 1.82) is 0 Å². The molecule has 5 nitrogen and oxygen atoms in total. The molecule has 0 spiro atoms. The second kappa shape index (κ2) is 9.37. The fourth-order valence-corrected chi connectivity index (χ4v) is 4.35. The van der Waals surface area contributed by atoms with Crippen LogP contribution in [0.3, 0.4) is 0 Å². The molecule has 3 N–H and O–H groups in total. The number of likely N-dealkylation sites (tertiary alicyclic amines) is 1. The predicted molar refractivity (Wildman–Crippen MR) is 106 cm³/mol. The number of nitrogens with one attached hydrogen (secondary N) is 1. The van der Waals surface area contributed by atoms with Gasteiger partial charge >= 0.3 is 0 Å². The number of benzene rings is 1. The molecule has 156 valence electrons. The van der Waals surface area contributed by atoms with E-state index in [0.29, 0.717) is 17.0 Å². The summed E-state index contributed by atoms with van der Waals surface area (Å²) in [4.78, 5) is 27.4. The van der Waals surface area contributed by atoms with Crippen molar-refractivity contribution in [3.63, 3.8) is 0 Å². The van der Waals surface area contributed by atoms with Gasteiger partial charge in [0, 0.05) is 16.6 Å². The quantitative estimate of drug-likeness (QED) is 0.744. The Kier molecular flexibility index (Phi) is 7.65. The van der Waals surface area contributed by atoms with Gasteiger partial charge in [0.1, 0.15) is 6.04 Å². The lowest BCUT2D eigenvalue weighted by Gasteiger charge is -2.33. The summed E-state index contributed by atoms with van der Waals surface area (Å²) in [5, 5.41) is 2.72. The predicted octanol–water partition coefficient (Wildman–Crippen LogP) is 3.25. The van der Waals surface area contributed by atoms with E-state index in [-0.39, 0.29) is 30.3 Å². The van der Waals surface area contributed by atoms with Crippen LogP contribution in [0, 0.1) is 5.92 Å². The van der Waals surface area contributed by atoms with Crippen LogP contribution in [-0.2, 0) is 4.79 Å². The number of hydrogen-bond acceptors (Lipinski definition) is 3. The Bertz CT molecular complexity index is 720. The molecule has 1 heterocycles. The first-order chi connectivity index (χ1) is 12.8. The maximum atomic E-state index is 13.4. The first-order valence-electron chi connectivity index (χ1n) is 9.26. The van der Waals surface area contributed by atoms with E-state index in [0.717, 1.165) is 25.7 Å². The van der Waals surface area contributed by atoms with Gasteiger partial charge in [-0.25, -0.2) is 8.78 Å². The van der Waals surface area contributed by atoms with E-state index in [4.69, 9.17) is 17.3 Å². The van der Waals surface area contributed by atoms with Crippen molar-refractivity contribution in [2.75, 3.05) is 13.1 Å². The zero-order chi connectivity index (χ0) is 19.6. The van der Waals surface area contributed by atoms with Crippen LogP contribution in [0.2, 0.25) is 5.02 Å². The van der Waals surface area contributed by atoms with Crippen LogP contribution in [0.25, 0.3) is 0 Å². The Morgan fingerprint density at radius 1 is 1.29 bits per heavy atom. The van der Waals surface area contributed by atoms with E-state index in [1.807, 2.05) is 0 Å². The SMILES string of the molecule is Cl.NCC(F)(F)CNC(=O)C1CC2CCCCC2N1C(=O)c1cccc(Cl)c1. The van der Waals surface area contributed by atoms with Crippen molar-refractivity contribution in [2.45, 2.75) is 50.1 Å². The van der Waals surface area contributed by atoms with Crippen LogP contribution < -0.4 is 11.1 Å². The highest BCUT2D eigenvalue weighted by molar-refractivity contribution is 6.31. The minimum absolute atomic E-state index is 0. The van der Waals surface area contributed by atoms with Crippen molar-refractivity contribution in [1.82, 2.24) is 10.2 Å². The Labute approximate surface area is 174 Å². The molecule has 0 aromatic heterocycles. The number of nitrogens with two attached hydrogens (primary N) is 1. The number of halogens is 4. The highest BCUT2D eigenvalue weighted by Crippen LogP contribution is 2.40. The van der Waals surface area contributed by atoms with Crippen molar-refractivity contribution in [3.8, 4) is 0 Å². The number of fused-ring (bicyclic) bond motifs is 1. The molecule has 1 aromatic carbocycles. The Morgan fingerprint density at radius 3 is 2.68 bits per heavy atom. The van der Waals surface area contributed by atoms with Crippen molar-refractivity contribution >= 4 is 35.8 Å². The Balaban J connectivity index is 0.00000280. The standard InChI is InChI=1S/C19H24ClF2N3O2.ClH/c20-14-6-3-5-13(8-14)18(27)25-15-7-2-1-4-12(15)9-16(25)17(26)24-11-19(21,22)10-23;/h3,5-6,8,12,15-16H,1-2,4,7,9-11,23H2,(H,24,26);1H. The maximum Gasteiger partial charge on any atom is 0.277 e. The molecule has 9 heteroatoms. The number of rotatable bonds is 5. The van der Waals surface area contributed by atoms with Gasteiger partial charge in [-0.2, -0.15) is 0 Å². The molecule has 0 bridgehead atoms. The van der Waals surface area contributed by atoms with E-state index in [2.05, 4.69) is 5.32 Å². The van der Waals surface area contributed by atoms with Crippen LogP contribution in [-0.4, -0.2) is 47.8 Å². The highest BCUT2D eigenvalue weighted by atomic mass is 35.5. The van der Waals surface area contributed by atoms with Crippen LogP contribution in [0.4, 0.5) is 8.78 Å². The molecule has 3 atom stereocenters. The summed E-state index contributed by atoms with van der Waals surface area (Å²) in [6, 6.07) is 5.78. The summed E-state index contributed by atoms with van der Waals surface area (Å²) >= 11 is 6.00. The largest absolute Gasteiger partial charge is 0.348 e. The molecule has 1 aromatic rings. The minimum atomic E-state index is -3.16. The average Bonchev–Trinajstić information content (AvgIpc) is 3.05. The van der Waals surface area contributed by atoms with Crippen molar-refractivity contribution in [3.05, 3.63) is 34.9 Å². The van der Waals surface area contributed by atoms with Gasteiger partial charge < -0.3 is 16.0 Å². The van der Waals surface area contributed by atoms with Gasteiger partial charge in [-0.1, -0.05) is 30.5 Å². The first kappa shape index (κ1) is 22.8. The molecule has 2 fully saturated rings. The second-order valence-corrected chi connectivity index (χ2v) is 7.80. The topological polar surface area (TPSA) is 75.4 Å². The van der Waals surface area contributed by atoms with Gasteiger partial charge in [0.2, 0.25) is 5.91 Å². The molecular weight excluding hydrogens is 411 g/mol. The molecule has 1 saturated heterocycles. The molecule has 3 rings (SSSR count). The summed E-state index contributed by atoms with van der Waals surface area (Å²) < 4.78 is 26.9. The summed E-state index contributed by atoms with van der Waals surface area (Å²) in [6.45, 7) is -1.66.